The van der Waals surface area contributed by atoms with Crippen LogP contribution in [0.15, 0.2) is 53.4 Å². The molecule has 0 aliphatic heterocycles. The lowest BCUT2D eigenvalue weighted by Gasteiger charge is -2.26. The van der Waals surface area contributed by atoms with E-state index in [1.165, 1.54) is 17.7 Å². The van der Waals surface area contributed by atoms with E-state index < -0.39 is 10.0 Å². The van der Waals surface area contributed by atoms with E-state index in [-0.39, 0.29) is 42.2 Å². The van der Waals surface area contributed by atoms with Gasteiger partial charge in [-0.1, -0.05) is 24.3 Å². The van der Waals surface area contributed by atoms with Crippen molar-refractivity contribution in [3.8, 4) is 0 Å². The lowest BCUT2D eigenvalue weighted by molar-refractivity contribution is -0.121. The number of nitrogens with one attached hydrogen (secondary N) is 2. The molecule has 0 bridgehead atoms. The van der Waals surface area contributed by atoms with Crippen molar-refractivity contribution in [3.63, 3.8) is 0 Å². The first-order valence-corrected chi connectivity index (χ1v) is 10.2. The number of anilines is 1. The Hall–Kier alpha value is -2.09. The number of nitrogen functional groups attached to an aromatic ring is 1. The third kappa shape index (κ3) is 5.45. The molecule has 3 rings (SSSR count). The summed E-state index contributed by atoms with van der Waals surface area (Å²) in [5.74, 6) is -0.171. The first kappa shape index (κ1) is 21.2. The monoisotopic (exact) mass is 409 g/mol. The van der Waals surface area contributed by atoms with E-state index in [1.54, 1.807) is 18.2 Å². The minimum absolute atomic E-state index is 0. The molecule has 0 heterocycles. The summed E-state index contributed by atoms with van der Waals surface area (Å²) in [5, 5.41) is 3.01. The van der Waals surface area contributed by atoms with Gasteiger partial charge in [0.15, 0.2) is 0 Å². The van der Waals surface area contributed by atoms with E-state index in [9.17, 15) is 13.2 Å². The van der Waals surface area contributed by atoms with Gasteiger partial charge in [-0.05, 0) is 54.7 Å². The summed E-state index contributed by atoms with van der Waals surface area (Å²) < 4.78 is 26.8. The van der Waals surface area contributed by atoms with Crippen molar-refractivity contribution in [2.24, 2.45) is 0 Å². The number of benzene rings is 2. The van der Waals surface area contributed by atoms with E-state index in [2.05, 4.69) is 10.0 Å². The first-order valence-electron chi connectivity index (χ1n) is 8.68. The molecule has 1 amide bonds. The number of aryl methyl sites for hydroxylation is 1. The van der Waals surface area contributed by atoms with Crippen LogP contribution < -0.4 is 15.8 Å². The number of carbonyl (C=O) groups is 1. The van der Waals surface area contributed by atoms with Crippen LogP contribution in [-0.4, -0.2) is 20.9 Å². The van der Waals surface area contributed by atoms with E-state index in [0.717, 1.165) is 30.5 Å². The van der Waals surface area contributed by atoms with Crippen molar-refractivity contribution < 1.29 is 13.2 Å². The van der Waals surface area contributed by atoms with Gasteiger partial charge in [0.2, 0.25) is 15.9 Å². The summed E-state index contributed by atoms with van der Waals surface area (Å²) in [6.45, 7) is 0.0599. The van der Waals surface area contributed by atoms with Gasteiger partial charge < -0.3 is 11.1 Å². The summed E-state index contributed by atoms with van der Waals surface area (Å²) in [4.78, 5) is 12.4. The molecule has 27 heavy (non-hydrogen) atoms. The lowest BCUT2D eigenvalue weighted by Crippen LogP contribution is -2.34. The van der Waals surface area contributed by atoms with Crippen LogP contribution in [0, 0.1) is 0 Å². The highest BCUT2D eigenvalue weighted by Crippen LogP contribution is 2.30. The molecule has 8 heteroatoms. The Morgan fingerprint density at radius 1 is 1.15 bits per heavy atom. The predicted molar refractivity (Wildman–Crippen MR) is 108 cm³/mol. The lowest BCUT2D eigenvalue weighted by atomic mass is 9.87. The highest BCUT2D eigenvalue weighted by Gasteiger charge is 2.22. The van der Waals surface area contributed by atoms with E-state index in [1.807, 2.05) is 18.2 Å². The predicted octanol–water partition coefficient (Wildman–Crippen LogP) is 2.55. The summed E-state index contributed by atoms with van der Waals surface area (Å²) in [6, 6.07) is 13.8. The molecule has 6 nitrogen and oxygen atoms in total. The number of rotatable bonds is 6. The average molecular weight is 410 g/mol. The molecule has 0 spiro atoms. The molecule has 0 saturated carbocycles. The Morgan fingerprint density at radius 3 is 2.63 bits per heavy atom. The average Bonchev–Trinajstić information content (AvgIpc) is 2.62. The van der Waals surface area contributed by atoms with E-state index in [4.69, 9.17) is 5.73 Å². The summed E-state index contributed by atoms with van der Waals surface area (Å²) in [7, 11) is -3.59. The standard InChI is InChI=1S/C19H23N3O3S.ClH/c20-15-9-10-17-14(13-15)5-4-8-18(17)22-19(23)11-12-21-26(24,25)16-6-2-1-3-7-16;/h1-3,6-7,9-10,13,18,21H,4-5,8,11-12,20H2,(H,22,23);1H. The summed E-state index contributed by atoms with van der Waals surface area (Å²) in [5.41, 5.74) is 8.83. The Bertz CT molecular complexity index is 888. The van der Waals surface area contributed by atoms with E-state index >= 15 is 0 Å². The first-order chi connectivity index (χ1) is 12.5. The Kier molecular flexibility index (Phi) is 7.24. The van der Waals surface area contributed by atoms with Gasteiger partial charge in [0.1, 0.15) is 0 Å². The molecule has 0 fully saturated rings. The smallest absolute Gasteiger partial charge is 0.240 e. The molecule has 1 atom stereocenters. The minimum atomic E-state index is -3.59. The fraction of sp³-hybridized carbons (Fsp3) is 0.316. The molecular weight excluding hydrogens is 386 g/mol. The van der Waals surface area contributed by atoms with Crippen molar-refractivity contribution >= 4 is 34.0 Å². The van der Waals surface area contributed by atoms with Gasteiger partial charge in [0, 0.05) is 18.7 Å². The van der Waals surface area contributed by atoms with Crippen LogP contribution in [0.2, 0.25) is 0 Å². The van der Waals surface area contributed by atoms with Crippen LogP contribution >= 0.6 is 12.4 Å². The molecular formula is C19H24ClN3O3S. The maximum Gasteiger partial charge on any atom is 0.240 e. The van der Waals surface area contributed by atoms with Crippen LogP contribution in [0.1, 0.15) is 36.4 Å². The van der Waals surface area contributed by atoms with Gasteiger partial charge >= 0.3 is 0 Å². The normalized spacial score (nSPS) is 16.1. The van der Waals surface area contributed by atoms with Crippen LogP contribution in [0.5, 0.6) is 0 Å². The molecule has 2 aromatic carbocycles. The second kappa shape index (κ2) is 9.21. The highest BCUT2D eigenvalue weighted by molar-refractivity contribution is 7.89. The number of halogens is 1. The van der Waals surface area contributed by atoms with Gasteiger partial charge in [0.05, 0.1) is 10.9 Å². The molecule has 1 aliphatic carbocycles. The molecule has 4 N–H and O–H groups in total. The second-order valence-corrected chi connectivity index (χ2v) is 8.20. The molecule has 1 unspecified atom stereocenters. The maximum absolute atomic E-state index is 12.2. The van der Waals surface area contributed by atoms with Crippen molar-refractivity contribution in [3.05, 3.63) is 59.7 Å². The van der Waals surface area contributed by atoms with Crippen molar-refractivity contribution in [2.45, 2.75) is 36.6 Å². The van der Waals surface area contributed by atoms with Crippen LogP contribution in [-0.2, 0) is 21.2 Å². The zero-order chi connectivity index (χ0) is 18.6. The van der Waals surface area contributed by atoms with E-state index in [0.29, 0.717) is 0 Å². The number of hydrogen-bond acceptors (Lipinski definition) is 4. The molecule has 0 aromatic heterocycles. The maximum atomic E-state index is 12.2. The molecule has 2 aromatic rings. The fourth-order valence-electron chi connectivity index (χ4n) is 3.23. The third-order valence-corrected chi connectivity index (χ3v) is 5.99. The molecule has 146 valence electrons. The largest absolute Gasteiger partial charge is 0.399 e. The molecule has 0 saturated heterocycles. The van der Waals surface area contributed by atoms with Gasteiger partial charge in [-0.25, -0.2) is 13.1 Å². The van der Waals surface area contributed by atoms with Gasteiger partial charge in [-0.2, -0.15) is 0 Å². The second-order valence-electron chi connectivity index (χ2n) is 6.43. The topological polar surface area (TPSA) is 101 Å². The molecule has 1 aliphatic rings. The zero-order valence-corrected chi connectivity index (χ0v) is 16.5. The van der Waals surface area contributed by atoms with Crippen LogP contribution in [0.4, 0.5) is 5.69 Å². The number of amides is 1. The van der Waals surface area contributed by atoms with Gasteiger partial charge in [0.25, 0.3) is 0 Å². The Balaban J connectivity index is 0.00000261. The van der Waals surface area contributed by atoms with Gasteiger partial charge in [-0.15, -0.1) is 12.4 Å². The Morgan fingerprint density at radius 2 is 1.89 bits per heavy atom. The molecule has 0 radical (unpaired) electrons. The number of hydrogen-bond donors (Lipinski definition) is 3. The fourth-order valence-corrected chi connectivity index (χ4v) is 4.29. The number of sulfonamides is 1. The zero-order valence-electron chi connectivity index (χ0n) is 14.9. The Labute approximate surface area is 166 Å². The minimum Gasteiger partial charge on any atom is -0.399 e. The van der Waals surface area contributed by atoms with Crippen molar-refractivity contribution in [1.82, 2.24) is 10.0 Å². The van der Waals surface area contributed by atoms with Crippen LogP contribution in [0.25, 0.3) is 0 Å². The number of carbonyl (C=O) groups excluding carboxylic acids is 1. The SMILES string of the molecule is Cl.Nc1ccc2c(c1)CCCC2NC(=O)CCNS(=O)(=O)c1ccccc1. The summed E-state index contributed by atoms with van der Waals surface area (Å²) in [6.07, 6.45) is 2.91. The van der Waals surface area contributed by atoms with Crippen LogP contribution in [0.3, 0.4) is 0 Å². The third-order valence-electron chi connectivity index (χ3n) is 4.51. The number of nitrogens with two attached hydrogens (primary N) is 1. The quantitative estimate of drug-likeness (QED) is 0.638. The van der Waals surface area contributed by atoms with Gasteiger partial charge in [-0.3, -0.25) is 4.79 Å². The van der Waals surface area contributed by atoms with Crippen molar-refractivity contribution in [1.29, 1.82) is 0 Å². The van der Waals surface area contributed by atoms with Crippen molar-refractivity contribution in [2.75, 3.05) is 12.3 Å². The highest BCUT2D eigenvalue weighted by atomic mass is 35.5. The summed E-state index contributed by atoms with van der Waals surface area (Å²) >= 11 is 0. The number of fused-ring (bicyclic) bond motifs is 1.